The number of amides is 2. The van der Waals surface area contributed by atoms with E-state index in [-0.39, 0.29) is 18.4 Å². The van der Waals surface area contributed by atoms with Crippen LogP contribution in [0.25, 0.3) is 11.6 Å². The van der Waals surface area contributed by atoms with Crippen molar-refractivity contribution in [2.75, 3.05) is 19.0 Å². The van der Waals surface area contributed by atoms with Gasteiger partial charge in [0.25, 0.3) is 11.8 Å². The lowest BCUT2D eigenvalue weighted by atomic mass is 10.0. The normalized spacial score (nSPS) is 13.7. The maximum absolute atomic E-state index is 12.4. The predicted octanol–water partition coefficient (Wildman–Crippen LogP) is 3.04. The molecule has 1 aliphatic rings. The lowest BCUT2D eigenvalue weighted by Gasteiger charge is -2.03. The molecule has 2 amide bonds. The van der Waals surface area contributed by atoms with Crippen LogP contribution in [-0.4, -0.2) is 35.6 Å². The Hall–Kier alpha value is -2.86. The summed E-state index contributed by atoms with van der Waals surface area (Å²) in [7, 11) is 1.59. The van der Waals surface area contributed by atoms with Crippen LogP contribution < -0.4 is 10.6 Å². The van der Waals surface area contributed by atoms with E-state index in [1.54, 1.807) is 13.1 Å². The van der Waals surface area contributed by atoms with Gasteiger partial charge in [-0.2, -0.15) is 0 Å². The molecule has 144 valence electrons. The van der Waals surface area contributed by atoms with Gasteiger partial charge in [0.15, 0.2) is 0 Å². The second-order valence-electron chi connectivity index (χ2n) is 6.11. The van der Waals surface area contributed by atoms with Crippen molar-refractivity contribution in [3.8, 4) is 0 Å². The fraction of sp³-hybridized carbons (Fsp3) is 0.333. The van der Waals surface area contributed by atoms with Crippen molar-refractivity contribution in [1.29, 1.82) is 0 Å². The van der Waals surface area contributed by atoms with Crippen LogP contribution in [0.15, 0.2) is 18.2 Å². The van der Waals surface area contributed by atoms with Gasteiger partial charge >= 0.3 is 0 Å². The summed E-state index contributed by atoms with van der Waals surface area (Å²) in [5, 5.41) is 14.6. The van der Waals surface area contributed by atoms with Crippen molar-refractivity contribution in [2.45, 2.75) is 34.1 Å². The van der Waals surface area contributed by atoms with Gasteiger partial charge in [-0.1, -0.05) is 19.9 Å². The summed E-state index contributed by atoms with van der Waals surface area (Å²) in [6.07, 6.45) is 2.31. The lowest BCUT2D eigenvalue weighted by Crippen LogP contribution is -2.19. The smallest absolute Gasteiger partial charge is 0.256 e. The molecule has 0 saturated heterocycles. The monoisotopic (exact) mass is 369 g/mol. The van der Waals surface area contributed by atoms with E-state index in [0.29, 0.717) is 17.6 Å². The molecule has 0 aliphatic carbocycles. The third-order valence-electron chi connectivity index (χ3n) is 4.49. The number of aliphatic hydroxyl groups excluding tert-OH is 1. The highest BCUT2D eigenvalue weighted by atomic mass is 16.3. The summed E-state index contributed by atoms with van der Waals surface area (Å²) in [5.74, 6) is -0.332. The Labute approximate surface area is 159 Å². The molecule has 3 rings (SSSR count). The number of hydrogen-bond donors (Lipinski definition) is 4. The van der Waals surface area contributed by atoms with Gasteiger partial charge in [0, 0.05) is 36.3 Å². The third kappa shape index (κ3) is 3.95. The first-order valence-electron chi connectivity index (χ1n) is 9.14. The number of nitrogens with one attached hydrogen (secondary N) is 3. The van der Waals surface area contributed by atoms with E-state index in [1.165, 1.54) is 0 Å². The molecule has 0 atom stereocenters. The number of aryl methyl sites for hydroxylation is 1. The molecule has 6 nitrogen and oxygen atoms in total. The van der Waals surface area contributed by atoms with Crippen molar-refractivity contribution in [1.82, 2.24) is 10.3 Å². The van der Waals surface area contributed by atoms with Gasteiger partial charge in [0.05, 0.1) is 11.1 Å². The summed E-state index contributed by atoms with van der Waals surface area (Å²) in [6.45, 7) is 7.75. The molecule has 6 heteroatoms. The van der Waals surface area contributed by atoms with Crippen LogP contribution in [0.5, 0.6) is 0 Å². The maximum Gasteiger partial charge on any atom is 0.256 e. The number of carbonyl (C=O) groups is 2. The molecule has 0 fully saturated rings. The number of anilines is 1. The highest BCUT2D eigenvalue weighted by molar-refractivity contribution is 6.35. The average Bonchev–Trinajstić information content (AvgIpc) is 3.12. The molecule has 27 heavy (non-hydrogen) atoms. The Morgan fingerprint density at radius 3 is 2.59 bits per heavy atom. The van der Waals surface area contributed by atoms with E-state index in [0.717, 1.165) is 33.8 Å². The quantitative estimate of drug-likeness (QED) is 0.624. The van der Waals surface area contributed by atoms with E-state index >= 15 is 0 Å². The highest BCUT2D eigenvalue weighted by Gasteiger charge is 2.25. The zero-order chi connectivity index (χ0) is 20.1. The van der Waals surface area contributed by atoms with Crippen molar-refractivity contribution in [2.24, 2.45) is 0 Å². The molecule has 2 aromatic rings. The first kappa shape index (κ1) is 20.5. The van der Waals surface area contributed by atoms with Gasteiger partial charge in [-0.05, 0) is 49.6 Å². The van der Waals surface area contributed by atoms with Gasteiger partial charge in [-0.3, -0.25) is 9.59 Å². The van der Waals surface area contributed by atoms with E-state index < -0.39 is 0 Å². The number of H-pyrrole nitrogens is 1. The number of aromatic nitrogens is 1. The Morgan fingerprint density at radius 2 is 1.96 bits per heavy atom. The molecule has 1 aromatic carbocycles. The second-order valence-corrected chi connectivity index (χ2v) is 6.11. The van der Waals surface area contributed by atoms with E-state index in [1.807, 2.05) is 45.9 Å². The van der Waals surface area contributed by atoms with Crippen LogP contribution >= 0.6 is 0 Å². The molecule has 1 aromatic heterocycles. The molecule has 4 N–H and O–H groups in total. The zero-order valence-electron chi connectivity index (χ0n) is 16.5. The highest BCUT2D eigenvalue weighted by Crippen LogP contribution is 2.34. The van der Waals surface area contributed by atoms with E-state index in [4.69, 9.17) is 5.11 Å². The molecule has 0 radical (unpaired) electrons. The summed E-state index contributed by atoms with van der Waals surface area (Å²) >= 11 is 0. The minimum atomic E-state index is -0.177. The Bertz CT molecular complexity index is 894. The fourth-order valence-electron chi connectivity index (χ4n) is 3.19. The number of rotatable bonds is 4. The van der Waals surface area contributed by atoms with Crippen LogP contribution in [0.2, 0.25) is 0 Å². The fourth-order valence-corrected chi connectivity index (χ4v) is 3.19. The average molecular weight is 369 g/mol. The van der Waals surface area contributed by atoms with Gasteiger partial charge in [-0.15, -0.1) is 0 Å². The zero-order valence-corrected chi connectivity index (χ0v) is 16.5. The number of benzene rings is 1. The maximum atomic E-state index is 12.4. The van der Waals surface area contributed by atoms with Crippen LogP contribution in [0.1, 0.15) is 52.3 Å². The second kappa shape index (κ2) is 8.68. The lowest BCUT2D eigenvalue weighted by molar-refractivity contribution is -0.110. The summed E-state index contributed by atoms with van der Waals surface area (Å²) in [5.41, 5.74) is 5.98. The molecule has 2 heterocycles. The largest absolute Gasteiger partial charge is 0.396 e. The van der Waals surface area contributed by atoms with E-state index in [9.17, 15) is 9.59 Å². The Morgan fingerprint density at radius 1 is 1.26 bits per heavy atom. The SMILES string of the molecule is CC.CNC(=O)c1c(C)[nH]c(/C=C2\C(=O)Nc3ccc(CCO)cc32)c1C. The molecule has 1 aliphatic heterocycles. The molecule has 0 spiro atoms. The van der Waals surface area contributed by atoms with Crippen LogP contribution in [0.4, 0.5) is 5.69 Å². The Kier molecular flexibility index (Phi) is 6.58. The first-order valence-corrected chi connectivity index (χ1v) is 9.14. The van der Waals surface area contributed by atoms with Gasteiger partial charge in [0.2, 0.25) is 0 Å². The molecule has 0 saturated carbocycles. The van der Waals surface area contributed by atoms with Crippen LogP contribution in [0, 0.1) is 13.8 Å². The minimum Gasteiger partial charge on any atom is -0.396 e. The molecular formula is C21H27N3O3. The van der Waals surface area contributed by atoms with Crippen molar-refractivity contribution in [3.05, 3.63) is 51.8 Å². The van der Waals surface area contributed by atoms with Crippen LogP contribution in [0.3, 0.4) is 0 Å². The first-order chi connectivity index (χ1) is 13.0. The van der Waals surface area contributed by atoms with E-state index in [2.05, 4.69) is 15.6 Å². The summed E-state index contributed by atoms with van der Waals surface area (Å²) < 4.78 is 0. The standard InChI is InChI=1S/C19H21N3O3.C2H6/c1-10-16(21-11(2)17(10)19(25)20-3)9-14-13-8-12(6-7-23)4-5-15(13)22-18(14)24;1-2/h4-5,8-9,21,23H,6-7H2,1-3H3,(H,20,25)(H,22,24);1-2H3/b14-9-;. The van der Waals surface area contributed by atoms with Crippen LogP contribution in [-0.2, 0) is 11.2 Å². The van der Waals surface area contributed by atoms with Gasteiger partial charge < -0.3 is 20.7 Å². The number of fused-ring (bicyclic) bond motifs is 1. The molecular weight excluding hydrogens is 342 g/mol. The topological polar surface area (TPSA) is 94.2 Å². The van der Waals surface area contributed by atoms with Crippen molar-refractivity contribution in [3.63, 3.8) is 0 Å². The number of carbonyl (C=O) groups excluding carboxylic acids is 2. The Balaban J connectivity index is 0.00000126. The van der Waals surface area contributed by atoms with Gasteiger partial charge in [0.1, 0.15) is 0 Å². The predicted molar refractivity (Wildman–Crippen MR) is 109 cm³/mol. The minimum absolute atomic E-state index is 0.0592. The number of hydrogen-bond acceptors (Lipinski definition) is 3. The van der Waals surface area contributed by atoms with Crippen molar-refractivity contribution < 1.29 is 14.7 Å². The third-order valence-corrected chi connectivity index (χ3v) is 4.49. The summed E-state index contributed by atoms with van der Waals surface area (Å²) in [4.78, 5) is 27.6. The number of aromatic amines is 1. The molecule has 0 unspecified atom stereocenters. The molecule has 0 bridgehead atoms. The van der Waals surface area contributed by atoms with Crippen molar-refractivity contribution >= 4 is 29.2 Å². The van der Waals surface area contributed by atoms with Gasteiger partial charge in [-0.25, -0.2) is 0 Å². The summed E-state index contributed by atoms with van der Waals surface area (Å²) in [6, 6.07) is 5.66. The number of aliphatic hydroxyl groups is 1.